The summed E-state index contributed by atoms with van der Waals surface area (Å²) in [6, 6.07) is 0.0138. The summed E-state index contributed by atoms with van der Waals surface area (Å²) >= 11 is 0. The van der Waals surface area contributed by atoms with Gasteiger partial charge in [0.1, 0.15) is 0 Å². The Labute approximate surface area is 73.3 Å². The first kappa shape index (κ1) is 9.52. The van der Waals surface area contributed by atoms with Crippen molar-refractivity contribution in [3.05, 3.63) is 0 Å². The zero-order valence-electron chi connectivity index (χ0n) is 7.58. The molecule has 0 aromatic carbocycles. The van der Waals surface area contributed by atoms with Gasteiger partial charge in [-0.1, -0.05) is 12.8 Å². The van der Waals surface area contributed by atoms with E-state index in [0.29, 0.717) is 12.3 Å². The molecular weight excluding hydrogens is 154 g/mol. The number of carbonyl (C=O) groups is 1. The highest BCUT2D eigenvalue weighted by Crippen LogP contribution is 2.27. The van der Waals surface area contributed by atoms with Gasteiger partial charge in [-0.15, -0.1) is 0 Å². The second kappa shape index (κ2) is 4.45. The molecule has 0 spiro atoms. The molecule has 3 heteroatoms. The van der Waals surface area contributed by atoms with Gasteiger partial charge in [-0.3, -0.25) is 4.79 Å². The Morgan fingerprint density at radius 2 is 2.17 bits per heavy atom. The van der Waals surface area contributed by atoms with E-state index in [0.717, 1.165) is 0 Å². The van der Waals surface area contributed by atoms with Crippen LogP contribution in [-0.4, -0.2) is 19.1 Å². The van der Waals surface area contributed by atoms with Crippen LogP contribution in [0.1, 0.15) is 32.1 Å². The highest BCUT2D eigenvalue weighted by atomic mass is 16.5. The SMILES string of the molecule is COC(=O)CC(N)C1CCCC1. The Bertz CT molecular complexity index is 153. The molecule has 0 saturated heterocycles. The number of rotatable bonds is 3. The lowest BCUT2D eigenvalue weighted by molar-refractivity contribution is -0.141. The molecule has 70 valence electrons. The minimum absolute atomic E-state index is 0.0138. The lowest BCUT2D eigenvalue weighted by Crippen LogP contribution is -2.31. The van der Waals surface area contributed by atoms with E-state index < -0.39 is 0 Å². The van der Waals surface area contributed by atoms with Gasteiger partial charge in [-0.25, -0.2) is 0 Å². The largest absolute Gasteiger partial charge is 0.469 e. The molecule has 1 aliphatic carbocycles. The third-order valence-corrected chi connectivity index (χ3v) is 2.64. The van der Waals surface area contributed by atoms with Crippen molar-refractivity contribution in [3.63, 3.8) is 0 Å². The van der Waals surface area contributed by atoms with E-state index >= 15 is 0 Å². The predicted octanol–water partition coefficient (Wildman–Crippen LogP) is 1.07. The average molecular weight is 171 g/mol. The third-order valence-electron chi connectivity index (χ3n) is 2.64. The van der Waals surface area contributed by atoms with Crippen molar-refractivity contribution in [2.45, 2.75) is 38.1 Å². The molecule has 0 heterocycles. The van der Waals surface area contributed by atoms with Crippen molar-refractivity contribution in [3.8, 4) is 0 Å². The zero-order valence-corrected chi connectivity index (χ0v) is 7.58. The predicted molar refractivity (Wildman–Crippen MR) is 46.6 cm³/mol. The molecule has 0 aromatic heterocycles. The number of carbonyl (C=O) groups excluding carboxylic acids is 1. The van der Waals surface area contributed by atoms with Gasteiger partial charge in [0.15, 0.2) is 0 Å². The van der Waals surface area contributed by atoms with Crippen LogP contribution >= 0.6 is 0 Å². The fourth-order valence-electron chi connectivity index (χ4n) is 1.83. The first-order chi connectivity index (χ1) is 5.74. The molecule has 0 bridgehead atoms. The summed E-state index contributed by atoms with van der Waals surface area (Å²) in [6.45, 7) is 0. The van der Waals surface area contributed by atoms with Gasteiger partial charge < -0.3 is 10.5 Å². The molecule has 1 saturated carbocycles. The van der Waals surface area contributed by atoms with Crippen LogP contribution in [0.2, 0.25) is 0 Å². The number of hydrogen-bond acceptors (Lipinski definition) is 3. The molecule has 1 unspecified atom stereocenters. The van der Waals surface area contributed by atoms with Gasteiger partial charge in [0, 0.05) is 6.04 Å². The lowest BCUT2D eigenvalue weighted by Gasteiger charge is -2.16. The fraction of sp³-hybridized carbons (Fsp3) is 0.889. The fourth-order valence-corrected chi connectivity index (χ4v) is 1.83. The van der Waals surface area contributed by atoms with E-state index in [-0.39, 0.29) is 12.0 Å². The molecule has 2 N–H and O–H groups in total. The summed E-state index contributed by atoms with van der Waals surface area (Å²) in [5.41, 5.74) is 5.85. The van der Waals surface area contributed by atoms with Crippen molar-refractivity contribution in [1.29, 1.82) is 0 Å². The quantitative estimate of drug-likeness (QED) is 0.646. The molecule has 0 amide bonds. The summed E-state index contributed by atoms with van der Waals surface area (Å²) in [6.07, 6.45) is 5.26. The summed E-state index contributed by atoms with van der Waals surface area (Å²) in [5, 5.41) is 0. The Morgan fingerprint density at radius 3 is 2.67 bits per heavy atom. The Kier molecular flexibility index (Phi) is 3.53. The number of methoxy groups -OCH3 is 1. The van der Waals surface area contributed by atoms with Gasteiger partial charge in [-0.2, -0.15) is 0 Å². The number of ether oxygens (including phenoxy) is 1. The van der Waals surface area contributed by atoms with Gasteiger partial charge >= 0.3 is 5.97 Å². The maximum atomic E-state index is 10.9. The van der Waals surface area contributed by atoms with Gasteiger partial charge in [-0.05, 0) is 18.8 Å². The van der Waals surface area contributed by atoms with Gasteiger partial charge in [0.25, 0.3) is 0 Å². The van der Waals surface area contributed by atoms with E-state index in [9.17, 15) is 4.79 Å². The number of hydrogen-bond donors (Lipinski definition) is 1. The van der Waals surface area contributed by atoms with Crippen molar-refractivity contribution in [1.82, 2.24) is 0 Å². The van der Waals surface area contributed by atoms with Gasteiger partial charge in [0.05, 0.1) is 13.5 Å². The van der Waals surface area contributed by atoms with Crippen molar-refractivity contribution >= 4 is 5.97 Å². The molecular formula is C9H17NO2. The van der Waals surface area contributed by atoms with E-state index in [1.165, 1.54) is 32.8 Å². The molecule has 1 atom stereocenters. The van der Waals surface area contributed by atoms with Crippen LogP contribution in [0.25, 0.3) is 0 Å². The first-order valence-electron chi connectivity index (χ1n) is 4.56. The summed E-state index contributed by atoms with van der Waals surface area (Å²) in [5.74, 6) is 0.360. The number of nitrogens with two attached hydrogens (primary N) is 1. The molecule has 3 nitrogen and oxygen atoms in total. The summed E-state index contributed by atoms with van der Waals surface area (Å²) in [7, 11) is 1.41. The Hall–Kier alpha value is -0.570. The van der Waals surface area contributed by atoms with Crippen molar-refractivity contribution in [2.24, 2.45) is 11.7 Å². The zero-order chi connectivity index (χ0) is 8.97. The first-order valence-corrected chi connectivity index (χ1v) is 4.56. The molecule has 0 aromatic rings. The summed E-state index contributed by atoms with van der Waals surface area (Å²) < 4.78 is 4.56. The topological polar surface area (TPSA) is 52.3 Å². The standard InChI is InChI=1S/C9H17NO2/c1-12-9(11)6-8(10)7-4-2-3-5-7/h7-8H,2-6,10H2,1H3. The van der Waals surface area contributed by atoms with Gasteiger partial charge in [0.2, 0.25) is 0 Å². The van der Waals surface area contributed by atoms with Crippen molar-refractivity contribution in [2.75, 3.05) is 7.11 Å². The van der Waals surface area contributed by atoms with Crippen LogP contribution in [0, 0.1) is 5.92 Å². The van der Waals surface area contributed by atoms with Crippen LogP contribution in [-0.2, 0) is 9.53 Å². The van der Waals surface area contributed by atoms with Crippen LogP contribution in [0.4, 0.5) is 0 Å². The van der Waals surface area contributed by atoms with Crippen LogP contribution in [0.3, 0.4) is 0 Å². The molecule has 0 radical (unpaired) electrons. The van der Waals surface area contributed by atoms with E-state index in [2.05, 4.69) is 4.74 Å². The van der Waals surface area contributed by atoms with Crippen molar-refractivity contribution < 1.29 is 9.53 Å². The normalized spacial score (nSPS) is 20.8. The molecule has 1 rings (SSSR count). The van der Waals surface area contributed by atoms with E-state index in [1.54, 1.807) is 0 Å². The molecule has 12 heavy (non-hydrogen) atoms. The maximum absolute atomic E-state index is 10.9. The monoisotopic (exact) mass is 171 g/mol. The Balaban J connectivity index is 2.26. The molecule has 0 aliphatic heterocycles. The molecule has 1 fully saturated rings. The third kappa shape index (κ3) is 2.48. The van der Waals surface area contributed by atoms with Crippen LogP contribution < -0.4 is 5.73 Å². The summed E-state index contributed by atoms with van der Waals surface area (Å²) in [4.78, 5) is 10.9. The molecule has 1 aliphatic rings. The van der Waals surface area contributed by atoms with Crippen LogP contribution in [0.15, 0.2) is 0 Å². The lowest BCUT2D eigenvalue weighted by atomic mass is 9.96. The minimum Gasteiger partial charge on any atom is -0.469 e. The smallest absolute Gasteiger partial charge is 0.307 e. The second-order valence-corrected chi connectivity index (χ2v) is 3.49. The minimum atomic E-state index is -0.186. The number of esters is 1. The van der Waals surface area contributed by atoms with Crippen LogP contribution in [0.5, 0.6) is 0 Å². The van der Waals surface area contributed by atoms with E-state index in [1.807, 2.05) is 0 Å². The Morgan fingerprint density at radius 1 is 1.58 bits per heavy atom. The highest BCUT2D eigenvalue weighted by Gasteiger charge is 2.23. The average Bonchev–Trinajstić information content (AvgIpc) is 2.56. The second-order valence-electron chi connectivity index (χ2n) is 3.49. The highest BCUT2D eigenvalue weighted by molar-refractivity contribution is 5.69. The van der Waals surface area contributed by atoms with E-state index in [4.69, 9.17) is 5.73 Å². The maximum Gasteiger partial charge on any atom is 0.307 e.